The van der Waals surface area contributed by atoms with Gasteiger partial charge in [0.1, 0.15) is 0 Å². The molecule has 2 heteroatoms. The Kier molecular flexibility index (Phi) is 6.55. The lowest BCUT2D eigenvalue weighted by molar-refractivity contribution is 0.179. The summed E-state index contributed by atoms with van der Waals surface area (Å²) in [4.78, 5) is 0. The normalized spacial score (nSPS) is 19.7. The molecular formula is C18H29NO. The maximum absolute atomic E-state index is 9.36. The summed E-state index contributed by atoms with van der Waals surface area (Å²) in [5.41, 5.74) is 1.43. The van der Waals surface area contributed by atoms with E-state index >= 15 is 0 Å². The molecule has 0 aliphatic heterocycles. The van der Waals surface area contributed by atoms with E-state index in [4.69, 9.17) is 0 Å². The van der Waals surface area contributed by atoms with Crippen LogP contribution in [0.2, 0.25) is 0 Å². The lowest BCUT2D eigenvalue weighted by Crippen LogP contribution is -2.30. The summed E-state index contributed by atoms with van der Waals surface area (Å²) in [6.45, 7) is 2.87. The molecule has 1 aliphatic rings. The third-order valence-electron chi connectivity index (χ3n) is 4.44. The Labute approximate surface area is 123 Å². The van der Waals surface area contributed by atoms with Crippen LogP contribution in [0.5, 0.6) is 0 Å². The van der Waals surface area contributed by atoms with Crippen molar-refractivity contribution in [1.29, 1.82) is 0 Å². The van der Waals surface area contributed by atoms with Crippen LogP contribution in [-0.4, -0.2) is 17.8 Å². The van der Waals surface area contributed by atoms with Gasteiger partial charge in [-0.1, -0.05) is 49.6 Å². The number of benzene rings is 1. The Hall–Kier alpha value is -0.860. The van der Waals surface area contributed by atoms with E-state index in [-0.39, 0.29) is 6.10 Å². The van der Waals surface area contributed by atoms with Gasteiger partial charge >= 0.3 is 0 Å². The quantitative estimate of drug-likeness (QED) is 0.736. The fraction of sp³-hybridized carbons (Fsp3) is 0.667. The molecule has 2 atom stereocenters. The highest BCUT2D eigenvalue weighted by Gasteiger charge is 2.24. The van der Waals surface area contributed by atoms with E-state index in [1.54, 1.807) is 0 Å². The summed E-state index contributed by atoms with van der Waals surface area (Å²) in [6.07, 6.45) is 8.62. The molecule has 0 saturated heterocycles. The van der Waals surface area contributed by atoms with E-state index in [1.807, 2.05) is 6.92 Å². The van der Waals surface area contributed by atoms with Crippen LogP contribution < -0.4 is 5.32 Å². The monoisotopic (exact) mass is 275 g/mol. The van der Waals surface area contributed by atoms with Crippen LogP contribution in [0.3, 0.4) is 0 Å². The average molecular weight is 275 g/mol. The molecule has 0 aromatic heterocycles. The van der Waals surface area contributed by atoms with Gasteiger partial charge in [0.25, 0.3) is 0 Å². The molecule has 1 aromatic rings. The van der Waals surface area contributed by atoms with Gasteiger partial charge in [-0.25, -0.2) is 0 Å². The number of aliphatic hydroxyl groups excluding tert-OH is 1. The Balaban J connectivity index is 1.93. The Morgan fingerprint density at radius 1 is 1.15 bits per heavy atom. The summed E-state index contributed by atoms with van der Waals surface area (Å²) in [5.74, 6) is 0.776. The van der Waals surface area contributed by atoms with Crippen LogP contribution in [0, 0.1) is 5.92 Å². The van der Waals surface area contributed by atoms with E-state index < -0.39 is 0 Å². The Morgan fingerprint density at radius 3 is 2.50 bits per heavy atom. The minimum atomic E-state index is -0.179. The van der Waals surface area contributed by atoms with Crippen LogP contribution in [0.1, 0.15) is 63.5 Å². The fourth-order valence-corrected chi connectivity index (χ4v) is 3.34. The van der Waals surface area contributed by atoms with Crippen LogP contribution in [0.4, 0.5) is 0 Å². The maximum atomic E-state index is 9.36. The van der Waals surface area contributed by atoms with Crippen molar-refractivity contribution in [3.63, 3.8) is 0 Å². The van der Waals surface area contributed by atoms with Gasteiger partial charge in [-0.05, 0) is 50.6 Å². The predicted octanol–water partition coefficient (Wildman–Crippen LogP) is 4.06. The fourth-order valence-electron chi connectivity index (χ4n) is 3.34. The zero-order chi connectivity index (χ0) is 14.2. The van der Waals surface area contributed by atoms with Gasteiger partial charge in [0.05, 0.1) is 6.10 Å². The van der Waals surface area contributed by atoms with Crippen LogP contribution in [0.25, 0.3) is 0 Å². The molecule has 0 radical (unpaired) electrons. The molecule has 1 saturated carbocycles. The van der Waals surface area contributed by atoms with Crippen molar-refractivity contribution >= 4 is 0 Å². The summed E-state index contributed by atoms with van der Waals surface area (Å²) < 4.78 is 0. The first kappa shape index (κ1) is 15.5. The first-order valence-electron chi connectivity index (χ1n) is 8.24. The van der Waals surface area contributed by atoms with Crippen molar-refractivity contribution in [2.24, 2.45) is 5.92 Å². The highest BCUT2D eigenvalue weighted by Crippen LogP contribution is 2.34. The lowest BCUT2D eigenvalue weighted by Gasteiger charge is -2.31. The topological polar surface area (TPSA) is 32.3 Å². The zero-order valence-electron chi connectivity index (χ0n) is 12.7. The molecule has 2 nitrogen and oxygen atoms in total. The number of hydrogen-bond donors (Lipinski definition) is 2. The standard InChI is InChI=1S/C18H29NO/c1-15(20)9-8-14-19-18(16-10-4-2-5-11-16)17-12-6-3-7-13-17/h2,4-5,10-11,15,17-20H,3,6-9,12-14H2,1H3. The molecule has 20 heavy (non-hydrogen) atoms. The molecule has 0 bridgehead atoms. The van der Waals surface area contributed by atoms with Gasteiger partial charge in [0.2, 0.25) is 0 Å². The van der Waals surface area contributed by atoms with Gasteiger partial charge in [-0.3, -0.25) is 0 Å². The van der Waals surface area contributed by atoms with Crippen molar-refractivity contribution in [3.8, 4) is 0 Å². The highest BCUT2D eigenvalue weighted by atomic mass is 16.3. The maximum Gasteiger partial charge on any atom is 0.0512 e. The second-order valence-corrected chi connectivity index (χ2v) is 6.23. The summed E-state index contributed by atoms with van der Waals surface area (Å²) in [7, 11) is 0. The van der Waals surface area contributed by atoms with Crippen molar-refractivity contribution in [3.05, 3.63) is 35.9 Å². The van der Waals surface area contributed by atoms with Gasteiger partial charge in [0, 0.05) is 6.04 Å². The molecule has 0 spiro atoms. The summed E-state index contributed by atoms with van der Waals surface area (Å²) >= 11 is 0. The first-order valence-corrected chi connectivity index (χ1v) is 8.24. The molecule has 1 aromatic carbocycles. The molecule has 1 fully saturated rings. The smallest absolute Gasteiger partial charge is 0.0512 e. The van der Waals surface area contributed by atoms with Crippen molar-refractivity contribution in [2.75, 3.05) is 6.54 Å². The molecule has 0 heterocycles. The van der Waals surface area contributed by atoms with Crippen LogP contribution in [-0.2, 0) is 0 Å². The number of aliphatic hydroxyl groups is 1. The van der Waals surface area contributed by atoms with Crippen molar-refractivity contribution < 1.29 is 5.11 Å². The lowest BCUT2D eigenvalue weighted by atomic mass is 9.81. The third kappa shape index (κ3) is 4.92. The Morgan fingerprint density at radius 2 is 1.85 bits per heavy atom. The SMILES string of the molecule is CC(O)CCCNC(c1ccccc1)C1CCCCC1. The largest absolute Gasteiger partial charge is 0.393 e. The van der Waals surface area contributed by atoms with Crippen LogP contribution in [0.15, 0.2) is 30.3 Å². The molecule has 112 valence electrons. The van der Waals surface area contributed by atoms with E-state index in [0.717, 1.165) is 25.3 Å². The first-order chi connectivity index (χ1) is 9.77. The highest BCUT2D eigenvalue weighted by molar-refractivity contribution is 5.19. The molecule has 2 unspecified atom stereocenters. The van der Waals surface area contributed by atoms with E-state index in [9.17, 15) is 5.11 Å². The molecule has 2 N–H and O–H groups in total. The van der Waals surface area contributed by atoms with E-state index in [1.165, 1.54) is 37.7 Å². The summed E-state index contributed by atoms with van der Waals surface area (Å²) in [5, 5.41) is 13.1. The van der Waals surface area contributed by atoms with Crippen molar-refractivity contribution in [1.82, 2.24) is 5.32 Å². The predicted molar refractivity (Wildman–Crippen MR) is 84.7 cm³/mol. The zero-order valence-corrected chi connectivity index (χ0v) is 12.7. The van der Waals surface area contributed by atoms with Crippen LogP contribution >= 0.6 is 0 Å². The molecule has 1 aliphatic carbocycles. The number of rotatable bonds is 7. The molecule has 2 rings (SSSR count). The van der Waals surface area contributed by atoms with Crippen molar-refractivity contribution in [2.45, 2.75) is 64.0 Å². The number of hydrogen-bond acceptors (Lipinski definition) is 2. The van der Waals surface area contributed by atoms with E-state index in [2.05, 4.69) is 35.6 Å². The molecular weight excluding hydrogens is 246 g/mol. The minimum absolute atomic E-state index is 0.179. The third-order valence-corrected chi connectivity index (χ3v) is 4.44. The van der Waals surface area contributed by atoms with E-state index in [0.29, 0.717) is 6.04 Å². The summed E-state index contributed by atoms with van der Waals surface area (Å²) in [6, 6.07) is 11.4. The number of nitrogens with one attached hydrogen (secondary N) is 1. The second-order valence-electron chi connectivity index (χ2n) is 6.23. The average Bonchev–Trinajstić information content (AvgIpc) is 2.49. The molecule has 0 amide bonds. The van der Waals surface area contributed by atoms with Gasteiger partial charge < -0.3 is 10.4 Å². The van der Waals surface area contributed by atoms with Gasteiger partial charge in [0.15, 0.2) is 0 Å². The second kappa shape index (κ2) is 8.43. The minimum Gasteiger partial charge on any atom is -0.393 e. The van der Waals surface area contributed by atoms with Gasteiger partial charge in [-0.2, -0.15) is 0 Å². The van der Waals surface area contributed by atoms with Gasteiger partial charge in [-0.15, -0.1) is 0 Å². The Bertz CT molecular complexity index is 357.